The van der Waals surface area contributed by atoms with Gasteiger partial charge in [0, 0.05) is 0 Å². The first-order chi connectivity index (χ1) is 3.42. The zero-order chi connectivity index (χ0) is 6.78. The van der Waals surface area contributed by atoms with Crippen molar-refractivity contribution in [1.82, 2.24) is 0 Å². The second kappa shape index (κ2) is 2.36. The molecular formula is C2H3F2O3S. The molecule has 0 aromatic carbocycles. The summed E-state index contributed by atoms with van der Waals surface area (Å²) in [5.74, 6) is 0. The fourth-order valence-electron chi connectivity index (χ4n) is 0.114. The topological polar surface area (TPSA) is 43.4 Å². The Morgan fingerprint density at radius 1 is 1.50 bits per heavy atom. The monoisotopic (exact) mass is 145 g/mol. The van der Waals surface area contributed by atoms with E-state index in [-0.39, 0.29) is 0 Å². The normalized spacial score (nSPS) is 12.5. The second-order valence-corrected chi connectivity index (χ2v) is 2.59. The molecule has 0 unspecified atom stereocenters. The van der Waals surface area contributed by atoms with Gasteiger partial charge in [-0.2, -0.15) is 21.4 Å². The Labute approximate surface area is 45.4 Å². The van der Waals surface area contributed by atoms with Crippen LogP contribution in [0.3, 0.4) is 0 Å². The van der Waals surface area contributed by atoms with E-state index in [0.29, 0.717) is 6.26 Å². The highest BCUT2D eigenvalue weighted by Gasteiger charge is 2.13. The molecule has 0 N–H and O–H groups in total. The summed E-state index contributed by atoms with van der Waals surface area (Å²) in [5.41, 5.74) is 0. The predicted molar refractivity (Wildman–Crippen MR) is 21.4 cm³/mol. The van der Waals surface area contributed by atoms with E-state index >= 15 is 0 Å². The molecule has 0 aromatic rings. The van der Waals surface area contributed by atoms with Crippen LogP contribution in [0.1, 0.15) is 0 Å². The van der Waals surface area contributed by atoms with Crippen LogP contribution >= 0.6 is 0 Å². The molecule has 3 nitrogen and oxygen atoms in total. The van der Waals surface area contributed by atoms with Gasteiger partial charge in [0.1, 0.15) is 0 Å². The van der Waals surface area contributed by atoms with Crippen LogP contribution in [0.5, 0.6) is 0 Å². The molecule has 0 aliphatic heterocycles. The summed E-state index contributed by atoms with van der Waals surface area (Å²) in [5, 5.41) is 0. The van der Waals surface area contributed by atoms with Gasteiger partial charge in [-0.3, -0.25) is 0 Å². The molecule has 0 amide bonds. The molecule has 0 rings (SSSR count). The molecule has 0 heterocycles. The van der Waals surface area contributed by atoms with Crippen LogP contribution in [-0.4, -0.2) is 14.7 Å². The smallest absolute Gasteiger partial charge is 0.200 e. The van der Waals surface area contributed by atoms with Gasteiger partial charge in [-0.25, -0.2) is 0 Å². The largest absolute Gasteiger partial charge is 0.463 e. The van der Waals surface area contributed by atoms with Crippen molar-refractivity contribution in [3.63, 3.8) is 0 Å². The average Bonchev–Trinajstić information content (AvgIpc) is 1.21. The number of hydrogen-bond donors (Lipinski definition) is 0. The molecule has 0 saturated carbocycles. The van der Waals surface area contributed by atoms with E-state index in [1.807, 2.05) is 0 Å². The second-order valence-electron chi connectivity index (χ2n) is 1.01. The van der Waals surface area contributed by atoms with Gasteiger partial charge in [0.15, 0.2) is 0 Å². The standard InChI is InChI=1S/C2H3F2O3S/c1-8(5,6)7-2(3)4/h1H3. The van der Waals surface area contributed by atoms with Crippen LogP contribution in [0.15, 0.2) is 0 Å². The fraction of sp³-hybridized carbons (Fsp3) is 0.500. The zero-order valence-corrected chi connectivity index (χ0v) is 4.71. The van der Waals surface area contributed by atoms with Crippen LogP contribution in [0.25, 0.3) is 0 Å². The Morgan fingerprint density at radius 2 is 1.88 bits per heavy atom. The van der Waals surface area contributed by atoms with Gasteiger partial charge in [-0.1, -0.05) is 0 Å². The van der Waals surface area contributed by atoms with Crippen LogP contribution in [0.2, 0.25) is 0 Å². The van der Waals surface area contributed by atoms with Crippen molar-refractivity contribution in [2.45, 2.75) is 0 Å². The van der Waals surface area contributed by atoms with E-state index in [1.165, 1.54) is 0 Å². The molecule has 8 heavy (non-hydrogen) atoms. The summed E-state index contributed by atoms with van der Waals surface area (Å²) in [6.45, 7) is -2.56. The maximum Gasteiger partial charge on any atom is 0.463 e. The van der Waals surface area contributed by atoms with Gasteiger partial charge < -0.3 is 0 Å². The molecule has 0 aliphatic carbocycles. The van der Waals surface area contributed by atoms with Crippen molar-refractivity contribution >= 4 is 10.1 Å². The van der Waals surface area contributed by atoms with Crippen LogP contribution in [0, 0.1) is 6.61 Å². The molecule has 49 valence electrons. The lowest BCUT2D eigenvalue weighted by Gasteiger charge is -1.91. The quantitative estimate of drug-likeness (QED) is 0.526. The summed E-state index contributed by atoms with van der Waals surface area (Å²) in [7, 11) is -4.01. The first kappa shape index (κ1) is 7.77. The highest BCUT2D eigenvalue weighted by atomic mass is 32.2. The van der Waals surface area contributed by atoms with E-state index in [0.717, 1.165) is 0 Å². The van der Waals surface area contributed by atoms with Gasteiger partial charge >= 0.3 is 6.61 Å². The van der Waals surface area contributed by atoms with Gasteiger partial charge in [-0.05, 0) is 0 Å². The molecular weight excluding hydrogens is 142 g/mol. The molecule has 0 fully saturated rings. The summed E-state index contributed by atoms with van der Waals surface area (Å²) in [6.07, 6.45) is 0.534. The molecule has 0 aliphatic rings. The Balaban J connectivity index is 3.75. The van der Waals surface area contributed by atoms with E-state index in [1.54, 1.807) is 0 Å². The lowest BCUT2D eigenvalue weighted by molar-refractivity contribution is 0.0823. The minimum absolute atomic E-state index is 0.534. The van der Waals surface area contributed by atoms with E-state index in [2.05, 4.69) is 4.18 Å². The Morgan fingerprint density at radius 3 is 1.88 bits per heavy atom. The minimum Gasteiger partial charge on any atom is -0.200 e. The predicted octanol–water partition coefficient (Wildman–Crippen LogP) is 0.349. The highest BCUT2D eigenvalue weighted by Crippen LogP contribution is 2.07. The first-order valence-electron chi connectivity index (χ1n) is 1.49. The van der Waals surface area contributed by atoms with Gasteiger partial charge in [0.2, 0.25) is 0 Å². The van der Waals surface area contributed by atoms with Crippen LogP contribution in [0.4, 0.5) is 8.78 Å². The highest BCUT2D eigenvalue weighted by molar-refractivity contribution is 7.86. The Kier molecular flexibility index (Phi) is 2.29. The fourth-order valence-corrected chi connectivity index (χ4v) is 0.343. The van der Waals surface area contributed by atoms with Gasteiger partial charge in [0.25, 0.3) is 10.1 Å². The molecule has 0 bridgehead atoms. The van der Waals surface area contributed by atoms with Crippen molar-refractivity contribution in [2.24, 2.45) is 0 Å². The van der Waals surface area contributed by atoms with Gasteiger partial charge in [-0.15, -0.1) is 0 Å². The number of hydrogen-bond acceptors (Lipinski definition) is 3. The van der Waals surface area contributed by atoms with Crippen LogP contribution in [-0.2, 0) is 14.3 Å². The minimum atomic E-state index is -4.01. The van der Waals surface area contributed by atoms with Gasteiger partial charge in [0.05, 0.1) is 6.26 Å². The third kappa shape index (κ3) is 5.77. The summed E-state index contributed by atoms with van der Waals surface area (Å²) in [6, 6.07) is 0. The lowest BCUT2D eigenvalue weighted by atomic mass is 11.5. The van der Waals surface area contributed by atoms with E-state index in [9.17, 15) is 17.2 Å². The van der Waals surface area contributed by atoms with Crippen molar-refractivity contribution in [2.75, 3.05) is 6.26 Å². The van der Waals surface area contributed by atoms with Crippen molar-refractivity contribution < 1.29 is 21.4 Å². The summed E-state index contributed by atoms with van der Waals surface area (Å²) >= 11 is 0. The third-order valence-corrected chi connectivity index (χ3v) is 0.643. The summed E-state index contributed by atoms with van der Waals surface area (Å²) < 4.78 is 44.1. The molecule has 0 spiro atoms. The van der Waals surface area contributed by atoms with Crippen molar-refractivity contribution in [1.29, 1.82) is 0 Å². The molecule has 1 radical (unpaired) electrons. The lowest BCUT2D eigenvalue weighted by Crippen LogP contribution is -2.01. The molecule has 0 atom stereocenters. The summed E-state index contributed by atoms with van der Waals surface area (Å²) in [4.78, 5) is 0. The maximum atomic E-state index is 10.8. The van der Waals surface area contributed by atoms with E-state index < -0.39 is 16.7 Å². The molecule has 6 heteroatoms. The Hall–Kier alpha value is -0.230. The maximum absolute atomic E-state index is 10.8. The van der Waals surface area contributed by atoms with Crippen molar-refractivity contribution in [3.05, 3.63) is 6.61 Å². The third-order valence-electron chi connectivity index (χ3n) is 0.214. The van der Waals surface area contributed by atoms with Crippen LogP contribution < -0.4 is 0 Å². The van der Waals surface area contributed by atoms with E-state index in [4.69, 9.17) is 0 Å². The van der Waals surface area contributed by atoms with Crippen molar-refractivity contribution in [3.8, 4) is 0 Å². The number of rotatable bonds is 2. The Bertz CT molecular complexity index is 149. The number of halogens is 2. The zero-order valence-electron chi connectivity index (χ0n) is 3.89. The molecule has 0 saturated heterocycles. The average molecular weight is 145 g/mol. The SMILES string of the molecule is CS(=O)(=O)O[C](F)F. The first-order valence-corrected chi connectivity index (χ1v) is 3.31. The molecule has 0 aromatic heterocycles.